The van der Waals surface area contributed by atoms with E-state index in [2.05, 4.69) is 16.1 Å². The third-order valence-electron chi connectivity index (χ3n) is 7.61. The predicted octanol–water partition coefficient (Wildman–Crippen LogP) is 3.26. The van der Waals surface area contributed by atoms with E-state index in [4.69, 9.17) is 0 Å². The topological polar surface area (TPSA) is 90.5 Å². The molecule has 2 aliphatic heterocycles. The van der Waals surface area contributed by atoms with Crippen LogP contribution in [0.4, 0.5) is 5.69 Å². The Kier molecular flexibility index (Phi) is 6.13. The number of para-hydroxylation sites is 1. The molecule has 0 radical (unpaired) electrons. The molecule has 4 unspecified atom stereocenters. The minimum absolute atomic E-state index is 0.152. The number of hydrogen-bond donors (Lipinski definition) is 3. The van der Waals surface area contributed by atoms with Gasteiger partial charge in [-0.1, -0.05) is 55.3 Å². The lowest BCUT2D eigenvalue weighted by Gasteiger charge is -2.27. The van der Waals surface area contributed by atoms with Gasteiger partial charge in [0.2, 0.25) is 5.91 Å². The van der Waals surface area contributed by atoms with Crippen molar-refractivity contribution in [2.45, 2.75) is 70.0 Å². The van der Waals surface area contributed by atoms with Crippen molar-refractivity contribution < 1.29 is 14.4 Å². The van der Waals surface area contributed by atoms with E-state index in [0.29, 0.717) is 17.6 Å². The summed E-state index contributed by atoms with van der Waals surface area (Å²) < 4.78 is 0. The summed E-state index contributed by atoms with van der Waals surface area (Å²) in [5.74, 6) is -0.681. The van der Waals surface area contributed by atoms with Crippen LogP contribution >= 0.6 is 0 Å². The van der Waals surface area contributed by atoms with E-state index in [0.717, 1.165) is 36.0 Å². The van der Waals surface area contributed by atoms with Crippen LogP contribution in [0.25, 0.3) is 11.1 Å². The van der Waals surface area contributed by atoms with Gasteiger partial charge in [-0.25, -0.2) is 5.01 Å². The Balaban J connectivity index is 1.31. The lowest BCUT2D eigenvalue weighted by Crippen LogP contribution is -2.56. The Bertz CT molecular complexity index is 1100. The molecule has 3 aliphatic rings. The fourth-order valence-corrected chi connectivity index (χ4v) is 5.68. The van der Waals surface area contributed by atoms with Crippen LogP contribution in [0, 0.1) is 5.92 Å². The van der Waals surface area contributed by atoms with Gasteiger partial charge in [-0.05, 0) is 56.2 Å². The second kappa shape index (κ2) is 9.22. The molecule has 1 saturated heterocycles. The van der Waals surface area contributed by atoms with Gasteiger partial charge in [-0.3, -0.25) is 19.8 Å². The predicted molar refractivity (Wildman–Crippen MR) is 131 cm³/mol. The van der Waals surface area contributed by atoms with Gasteiger partial charge in [0.1, 0.15) is 6.04 Å². The molecule has 0 bridgehead atoms. The number of rotatable bonds is 4. The summed E-state index contributed by atoms with van der Waals surface area (Å²) >= 11 is 0. The van der Waals surface area contributed by atoms with Gasteiger partial charge in [0, 0.05) is 11.6 Å². The van der Waals surface area contributed by atoms with Gasteiger partial charge in [-0.15, -0.1) is 0 Å². The fraction of sp³-hybridized carbons (Fsp3) is 0.444. The number of hydrazine groups is 1. The van der Waals surface area contributed by atoms with E-state index < -0.39 is 17.9 Å². The zero-order valence-electron chi connectivity index (χ0n) is 19.7. The van der Waals surface area contributed by atoms with Crippen LogP contribution in [0.15, 0.2) is 48.5 Å². The van der Waals surface area contributed by atoms with E-state index in [1.165, 1.54) is 17.9 Å². The van der Waals surface area contributed by atoms with Crippen LogP contribution < -0.4 is 21.1 Å². The first-order valence-corrected chi connectivity index (χ1v) is 12.3. The van der Waals surface area contributed by atoms with E-state index >= 15 is 0 Å². The van der Waals surface area contributed by atoms with Crippen molar-refractivity contribution in [1.82, 2.24) is 16.1 Å². The molecule has 0 aromatic heterocycles. The Morgan fingerprint density at radius 1 is 1.03 bits per heavy atom. The lowest BCUT2D eigenvalue weighted by molar-refractivity contribution is -0.131. The van der Waals surface area contributed by atoms with Gasteiger partial charge >= 0.3 is 0 Å². The minimum Gasteiger partial charge on any atom is -0.343 e. The first-order valence-electron chi connectivity index (χ1n) is 12.3. The average Bonchev–Trinajstić information content (AvgIpc) is 3.28. The van der Waals surface area contributed by atoms with Crippen molar-refractivity contribution >= 4 is 23.4 Å². The van der Waals surface area contributed by atoms with Crippen LogP contribution in [-0.2, 0) is 14.4 Å². The number of anilines is 1. The summed E-state index contributed by atoms with van der Waals surface area (Å²) in [6, 6.07) is 14.7. The monoisotopic (exact) mass is 460 g/mol. The SMILES string of the molecule is CC1C(=O)N(NC(=O)[C@H](C)NC(=O)C2CC3CCCCC3N2)c2ccccc2-c2ccccc21. The molecule has 3 N–H and O–H groups in total. The van der Waals surface area contributed by atoms with E-state index in [1.54, 1.807) is 6.92 Å². The molecule has 2 heterocycles. The van der Waals surface area contributed by atoms with Gasteiger partial charge in [0.05, 0.1) is 17.6 Å². The molecule has 34 heavy (non-hydrogen) atoms. The van der Waals surface area contributed by atoms with Crippen LogP contribution in [0.5, 0.6) is 0 Å². The lowest BCUT2D eigenvalue weighted by atomic mass is 9.85. The highest BCUT2D eigenvalue weighted by atomic mass is 16.2. The number of fused-ring (bicyclic) bond motifs is 4. The number of hydrogen-bond acceptors (Lipinski definition) is 4. The normalized spacial score (nSPS) is 26.5. The van der Waals surface area contributed by atoms with E-state index in [1.807, 2.05) is 55.5 Å². The van der Waals surface area contributed by atoms with Gasteiger partial charge in [-0.2, -0.15) is 0 Å². The number of amides is 3. The fourth-order valence-electron chi connectivity index (χ4n) is 5.68. The molecule has 3 amide bonds. The minimum atomic E-state index is -0.780. The molecule has 2 fully saturated rings. The second-order valence-corrected chi connectivity index (χ2v) is 9.81. The highest BCUT2D eigenvalue weighted by molar-refractivity contribution is 6.06. The second-order valence-electron chi connectivity index (χ2n) is 9.81. The van der Waals surface area contributed by atoms with Crippen molar-refractivity contribution in [1.29, 1.82) is 0 Å². The van der Waals surface area contributed by atoms with Crippen molar-refractivity contribution in [2.24, 2.45) is 5.92 Å². The molecule has 0 spiro atoms. The molecule has 5 atom stereocenters. The van der Waals surface area contributed by atoms with Crippen molar-refractivity contribution in [3.05, 3.63) is 54.1 Å². The largest absolute Gasteiger partial charge is 0.343 e. The van der Waals surface area contributed by atoms with Crippen molar-refractivity contribution in [3.8, 4) is 11.1 Å². The third-order valence-corrected chi connectivity index (χ3v) is 7.61. The molecule has 2 aromatic rings. The van der Waals surface area contributed by atoms with Gasteiger partial charge in [0.15, 0.2) is 0 Å². The first kappa shape index (κ1) is 22.6. The third kappa shape index (κ3) is 4.09. The Morgan fingerprint density at radius 2 is 1.74 bits per heavy atom. The van der Waals surface area contributed by atoms with Crippen molar-refractivity contribution in [3.63, 3.8) is 0 Å². The zero-order valence-corrected chi connectivity index (χ0v) is 19.7. The molecule has 5 rings (SSSR count). The van der Waals surface area contributed by atoms with E-state index in [9.17, 15) is 14.4 Å². The van der Waals surface area contributed by atoms with Crippen LogP contribution in [0.3, 0.4) is 0 Å². The Hall–Kier alpha value is -3.19. The standard InChI is InChI=1S/C27H32N4O3/c1-16-19-10-4-5-11-20(19)21-12-6-8-14-24(21)31(27(16)34)30-25(32)17(2)28-26(33)23-15-18-9-3-7-13-22(18)29-23/h4-6,8,10-12,14,16-18,22-23,29H,3,7,9,13,15H2,1-2H3,(H,28,33)(H,30,32)/t16?,17-,18?,22?,23?/m0/s1. The number of nitrogens with zero attached hydrogens (tertiary/aromatic N) is 1. The maximum absolute atomic E-state index is 13.4. The smallest absolute Gasteiger partial charge is 0.261 e. The number of carbonyl (C=O) groups is 3. The van der Waals surface area contributed by atoms with E-state index in [-0.39, 0.29) is 17.9 Å². The molecule has 7 nitrogen and oxygen atoms in total. The maximum atomic E-state index is 13.4. The van der Waals surface area contributed by atoms with Crippen molar-refractivity contribution in [2.75, 3.05) is 5.01 Å². The molecule has 7 heteroatoms. The Labute approximate surface area is 200 Å². The molecule has 1 saturated carbocycles. The summed E-state index contributed by atoms with van der Waals surface area (Å²) in [7, 11) is 0. The highest BCUT2D eigenvalue weighted by Crippen LogP contribution is 2.40. The number of nitrogens with one attached hydrogen (secondary N) is 3. The summed E-state index contributed by atoms with van der Waals surface area (Å²) in [5, 5.41) is 7.65. The molecule has 1 aliphatic carbocycles. The number of carbonyl (C=O) groups excluding carboxylic acids is 3. The maximum Gasteiger partial charge on any atom is 0.261 e. The highest BCUT2D eigenvalue weighted by Gasteiger charge is 2.39. The molecule has 178 valence electrons. The summed E-state index contributed by atoms with van der Waals surface area (Å²) in [4.78, 5) is 39.4. The summed E-state index contributed by atoms with van der Waals surface area (Å²) in [6.45, 7) is 3.50. The first-order chi connectivity index (χ1) is 16.4. The van der Waals surface area contributed by atoms with Gasteiger partial charge < -0.3 is 10.6 Å². The van der Waals surface area contributed by atoms with Crippen LogP contribution in [-0.4, -0.2) is 35.8 Å². The van der Waals surface area contributed by atoms with Gasteiger partial charge in [0.25, 0.3) is 11.8 Å². The molecule has 2 aromatic carbocycles. The number of benzene rings is 2. The quantitative estimate of drug-likeness (QED) is 0.653. The zero-order chi connectivity index (χ0) is 23.8. The Morgan fingerprint density at radius 3 is 2.53 bits per heavy atom. The summed E-state index contributed by atoms with van der Waals surface area (Å²) in [5.41, 5.74) is 6.19. The van der Waals surface area contributed by atoms with Crippen LogP contribution in [0.2, 0.25) is 0 Å². The average molecular weight is 461 g/mol. The molecular formula is C27H32N4O3. The summed E-state index contributed by atoms with van der Waals surface area (Å²) in [6.07, 6.45) is 5.52. The molecular weight excluding hydrogens is 428 g/mol. The van der Waals surface area contributed by atoms with Crippen LogP contribution in [0.1, 0.15) is 57.4 Å².